The minimum atomic E-state index is 0.322. The van der Waals surface area contributed by atoms with Crippen LogP contribution in [0.25, 0.3) is 0 Å². The van der Waals surface area contributed by atoms with Gasteiger partial charge in [-0.25, -0.2) is 0 Å². The molecule has 3 heteroatoms. The van der Waals surface area contributed by atoms with Crippen molar-refractivity contribution in [1.29, 1.82) is 0 Å². The van der Waals surface area contributed by atoms with E-state index in [9.17, 15) is 0 Å². The van der Waals surface area contributed by atoms with Gasteiger partial charge in [-0.2, -0.15) is 0 Å². The molecule has 2 atom stereocenters. The van der Waals surface area contributed by atoms with E-state index in [1.807, 2.05) is 30.0 Å². The number of hydrogen-bond acceptors (Lipinski definition) is 2. The van der Waals surface area contributed by atoms with Crippen LogP contribution in [0.3, 0.4) is 0 Å². The minimum Gasteiger partial charge on any atom is -0.309 e. The first-order valence-corrected chi connectivity index (χ1v) is 8.17. The molecule has 2 aromatic carbocycles. The molecule has 20 heavy (non-hydrogen) atoms. The number of rotatable bonds is 6. The molecule has 0 fully saturated rings. The van der Waals surface area contributed by atoms with Crippen molar-refractivity contribution in [2.24, 2.45) is 0 Å². The minimum absolute atomic E-state index is 0.322. The Morgan fingerprint density at radius 1 is 1.05 bits per heavy atom. The maximum Gasteiger partial charge on any atom is 0.0541 e. The number of thioether (sulfide) groups is 1. The van der Waals surface area contributed by atoms with E-state index < -0.39 is 0 Å². The summed E-state index contributed by atoms with van der Waals surface area (Å²) in [7, 11) is 0. The van der Waals surface area contributed by atoms with E-state index in [2.05, 4.69) is 55.6 Å². The fourth-order valence-electron chi connectivity index (χ4n) is 2.24. The van der Waals surface area contributed by atoms with Gasteiger partial charge in [-0.05, 0) is 24.2 Å². The summed E-state index contributed by atoms with van der Waals surface area (Å²) in [6.45, 7) is 5.34. The van der Waals surface area contributed by atoms with Gasteiger partial charge in [0.15, 0.2) is 0 Å². The van der Waals surface area contributed by atoms with E-state index in [1.165, 1.54) is 5.56 Å². The summed E-state index contributed by atoms with van der Waals surface area (Å²) in [5.74, 6) is 0. The summed E-state index contributed by atoms with van der Waals surface area (Å²) < 4.78 is 0. The van der Waals surface area contributed by atoms with Crippen LogP contribution in [0, 0.1) is 0 Å². The number of hydrogen-bond donors (Lipinski definition) is 1. The Balaban J connectivity index is 2.16. The van der Waals surface area contributed by atoms with Gasteiger partial charge in [0, 0.05) is 16.2 Å². The van der Waals surface area contributed by atoms with Gasteiger partial charge < -0.3 is 5.32 Å². The molecule has 0 bridgehead atoms. The zero-order chi connectivity index (χ0) is 14.4. The maximum absolute atomic E-state index is 6.25. The lowest BCUT2D eigenvalue weighted by Gasteiger charge is -2.25. The van der Waals surface area contributed by atoms with Crippen molar-refractivity contribution in [3.05, 3.63) is 65.2 Å². The molecule has 0 saturated heterocycles. The van der Waals surface area contributed by atoms with E-state index in [0.717, 1.165) is 16.5 Å². The molecule has 106 valence electrons. The predicted octanol–water partition coefficient (Wildman–Crippen LogP) is 5.17. The van der Waals surface area contributed by atoms with Crippen molar-refractivity contribution in [3.8, 4) is 0 Å². The largest absolute Gasteiger partial charge is 0.309 e. The monoisotopic (exact) mass is 305 g/mol. The van der Waals surface area contributed by atoms with Gasteiger partial charge in [-0.15, -0.1) is 11.8 Å². The van der Waals surface area contributed by atoms with Crippen LogP contribution < -0.4 is 5.32 Å². The van der Waals surface area contributed by atoms with E-state index in [4.69, 9.17) is 11.6 Å². The molecule has 0 spiro atoms. The Kier molecular flexibility index (Phi) is 5.96. The maximum atomic E-state index is 6.25. The fraction of sp³-hybridized carbons (Fsp3) is 0.294. The summed E-state index contributed by atoms with van der Waals surface area (Å²) in [4.78, 5) is 1.14. The molecular weight excluding hydrogens is 286 g/mol. The summed E-state index contributed by atoms with van der Waals surface area (Å²) in [6, 6.07) is 18.9. The molecule has 0 aliphatic carbocycles. The van der Waals surface area contributed by atoms with Crippen molar-refractivity contribution >= 4 is 23.4 Å². The number of nitrogens with one attached hydrogen (secondary N) is 1. The molecule has 0 radical (unpaired) electrons. The van der Waals surface area contributed by atoms with Gasteiger partial charge >= 0.3 is 0 Å². The average molecular weight is 306 g/mol. The first kappa shape index (κ1) is 15.4. The topological polar surface area (TPSA) is 12.0 Å². The van der Waals surface area contributed by atoms with Gasteiger partial charge in [0.25, 0.3) is 0 Å². The first-order chi connectivity index (χ1) is 9.72. The third-order valence-electron chi connectivity index (χ3n) is 3.20. The van der Waals surface area contributed by atoms with E-state index in [-0.39, 0.29) is 0 Å². The molecule has 0 aliphatic rings. The van der Waals surface area contributed by atoms with Gasteiger partial charge in [-0.3, -0.25) is 0 Å². The van der Waals surface area contributed by atoms with Crippen LogP contribution in [0.15, 0.2) is 59.5 Å². The molecule has 1 nitrogen and oxygen atoms in total. The lowest BCUT2D eigenvalue weighted by molar-refractivity contribution is 0.548. The quantitative estimate of drug-likeness (QED) is 0.739. The Morgan fingerprint density at radius 3 is 2.35 bits per heavy atom. The molecule has 0 saturated carbocycles. The highest BCUT2D eigenvalue weighted by molar-refractivity contribution is 8.00. The second kappa shape index (κ2) is 7.72. The van der Waals surface area contributed by atoms with E-state index in [1.54, 1.807) is 0 Å². The molecule has 0 aliphatic heterocycles. The Labute approximate surface area is 130 Å². The molecule has 0 heterocycles. The van der Waals surface area contributed by atoms with Crippen LogP contribution in [0.1, 0.15) is 25.5 Å². The molecule has 0 aromatic heterocycles. The van der Waals surface area contributed by atoms with Crippen molar-refractivity contribution < 1.29 is 0 Å². The molecule has 2 aromatic rings. The standard InChI is InChI=1S/C17H20ClNS/c1-3-19-17(14-9-5-4-6-10-14)13(2)20-16-12-8-7-11-15(16)18/h4-13,17,19H,3H2,1-2H3. The van der Waals surface area contributed by atoms with E-state index in [0.29, 0.717) is 11.3 Å². The van der Waals surface area contributed by atoms with E-state index >= 15 is 0 Å². The van der Waals surface area contributed by atoms with Crippen molar-refractivity contribution in [2.45, 2.75) is 30.0 Å². The third kappa shape index (κ3) is 4.02. The van der Waals surface area contributed by atoms with Crippen molar-refractivity contribution in [3.63, 3.8) is 0 Å². The predicted molar refractivity (Wildman–Crippen MR) is 89.6 cm³/mol. The van der Waals surface area contributed by atoms with Crippen LogP contribution >= 0.6 is 23.4 Å². The summed E-state index contributed by atoms with van der Waals surface area (Å²) in [5.41, 5.74) is 1.32. The zero-order valence-electron chi connectivity index (χ0n) is 11.8. The van der Waals surface area contributed by atoms with Crippen molar-refractivity contribution in [1.82, 2.24) is 5.32 Å². The zero-order valence-corrected chi connectivity index (χ0v) is 13.4. The van der Waals surface area contributed by atoms with Crippen molar-refractivity contribution in [2.75, 3.05) is 6.54 Å². The second-order valence-electron chi connectivity index (χ2n) is 4.70. The Hall–Kier alpha value is -0.960. The smallest absolute Gasteiger partial charge is 0.0541 e. The SMILES string of the molecule is CCNC(c1ccccc1)C(C)Sc1ccccc1Cl. The molecule has 2 rings (SSSR count). The fourth-order valence-corrected chi connectivity index (χ4v) is 3.64. The first-order valence-electron chi connectivity index (χ1n) is 6.92. The lowest BCUT2D eigenvalue weighted by atomic mass is 10.0. The Morgan fingerprint density at radius 2 is 1.70 bits per heavy atom. The summed E-state index contributed by atoms with van der Waals surface area (Å²) in [6.07, 6.45) is 0. The normalized spacial score (nSPS) is 13.9. The molecule has 0 amide bonds. The van der Waals surface area contributed by atoms with Gasteiger partial charge in [0.1, 0.15) is 0 Å². The highest BCUT2D eigenvalue weighted by Crippen LogP contribution is 2.35. The highest BCUT2D eigenvalue weighted by Gasteiger charge is 2.19. The van der Waals surface area contributed by atoms with Gasteiger partial charge in [0.2, 0.25) is 0 Å². The molecule has 1 N–H and O–H groups in total. The summed E-state index contributed by atoms with van der Waals surface area (Å²) in [5, 5.41) is 4.80. The molecule has 2 unspecified atom stereocenters. The lowest BCUT2D eigenvalue weighted by Crippen LogP contribution is -2.28. The number of halogens is 1. The van der Waals surface area contributed by atoms with Crippen LogP contribution in [0.4, 0.5) is 0 Å². The van der Waals surface area contributed by atoms with Gasteiger partial charge in [0.05, 0.1) is 5.02 Å². The van der Waals surface area contributed by atoms with Gasteiger partial charge in [-0.1, -0.05) is 67.9 Å². The third-order valence-corrected chi connectivity index (χ3v) is 4.90. The van der Waals surface area contributed by atoms with Crippen LogP contribution in [-0.4, -0.2) is 11.8 Å². The summed E-state index contributed by atoms with van der Waals surface area (Å²) >= 11 is 8.07. The average Bonchev–Trinajstić information content (AvgIpc) is 2.48. The Bertz CT molecular complexity index is 530. The second-order valence-corrected chi connectivity index (χ2v) is 6.53. The van der Waals surface area contributed by atoms with Crippen LogP contribution in [0.5, 0.6) is 0 Å². The van der Waals surface area contributed by atoms with Crippen LogP contribution in [-0.2, 0) is 0 Å². The number of benzene rings is 2. The highest BCUT2D eigenvalue weighted by atomic mass is 35.5. The molecular formula is C17H20ClNS. The van der Waals surface area contributed by atoms with Crippen LogP contribution in [0.2, 0.25) is 5.02 Å².